The summed E-state index contributed by atoms with van der Waals surface area (Å²) in [5.41, 5.74) is 6.32. The van der Waals surface area contributed by atoms with Crippen LogP contribution in [0.4, 0.5) is 0 Å². The summed E-state index contributed by atoms with van der Waals surface area (Å²) in [6.07, 6.45) is 20.3. The Morgan fingerprint density at radius 2 is 1.81 bits per heavy atom. The number of aryl methyl sites for hydroxylation is 1. The van der Waals surface area contributed by atoms with Gasteiger partial charge in [0, 0.05) is 43.1 Å². The molecule has 1 aliphatic heterocycles. The fourth-order valence-corrected chi connectivity index (χ4v) is 6.57. The molecule has 2 amide bonds. The van der Waals surface area contributed by atoms with Gasteiger partial charge in [0.1, 0.15) is 0 Å². The van der Waals surface area contributed by atoms with Gasteiger partial charge in [0.15, 0.2) is 0 Å². The minimum atomic E-state index is -3.01. The van der Waals surface area contributed by atoms with Gasteiger partial charge in [0.25, 0.3) is 11.8 Å². The Labute approximate surface area is 258 Å². The Hall–Kier alpha value is -3.37. The number of hydrogen-bond donors (Lipinski definition) is 4. The molecule has 1 fully saturated rings. The number of amides is 2. The first-order chi connectivity index (χ1) is 20.5. The highest BCUT2D eigenvalue weighted by atomic mass is 32.3. The van der Waals surface area contributed by atoms with Crippen molar-refractivity contribution in [2.75, 3.05) is 44.7 Å². The van der Waals surface area contributed by atoms with E-state index in [1.807, 2.05) is 50.8 Å². The average molecular weight is 609 g/mol. The monoisotopic (exact) mass is 608 g/mol. The lowest BCUT2D eigenvalue weighted by molar-refractivity contribution is -0.116. The van der Waals surface area contributed by atoms with Crippen LogP contribution in [0.1, 0.15) is 60.9 Å². The summed E-state index contributed by atoms with van der Waals surface area (Å²) in [6.45, 7) is 12.5. The molecule has 0 atom stereocenters. The lowest BCUT2D eigenvalue weighted by atomic mass is 9.95. The highest BCUT2D eigenvalue weighted by Gasteiger charge is 2.25. The van der Waals surface area contributed by atoms with Crippen molar-refractivity contribution >= 4 is 28.5 Å². The molecule has 0 aromatic carbocycles. The number of allylic oxidation sites excluding steroid dienone is 8. The van der Waals surface area contributed by atoms with Gasteiger partial charge in [0.2, 0.25) is 0 Å². The molecule has 9 heteroatoms. The standard InChI is InChI=1S/C34H48N4O4S/c1-7-13-30(25(3)28-14-10-9-11-15-28)24-43(41,42)22-12-16-29(33(39)35-17-8-2)23-31-26(4)32(27(5)36-31)34(40)38-20-18-37(6)19-21-38/h7-10,12-14,16-17,23,36,41-42H,11,15,18-22,24H2,1-6H3,(H,35,39)/b13-7-,16-12+,17-8+,29-23-,30-25-. The van der Waals surface area contributed by atoms with E-state index in [-0.39, 0.29) is 23.3 Å². The molecule has 1 saturated heterocycles. The average Bonchev–Trinajstić information content (AvgIpc) is 3.26. The van der Waals surface area contributed by atoms with E-state index < -0.39 is 10.6 Å². The second-order valence-corrected chi connectivity index (χ2v) is 13.4. The third-order valence-electron chi connectivity index (χ3n) is 7.82. The topological polar surface area (TPSA) is 109 Å². The SMILES string of the molecule is C/C=C\C(CS(O)(O)C/C=C/C(=C/c1[nH]c(C)c(C(=O)N2CCN(C)CC2)c1C)C(=O)N/C=C/C)=C(/C)C1=CC=CCC1. The van der Waals surface area contributed by atoms with Crippen LogP contribution in [0.25, 0.3) is 6.08 Å². The predicted molar refractivity (Wildman–Crippen MR) is 180 cm³/mol. The minimum absolute atomic E-state index is 0.00437. The summed E-state index contributed by atoms with van der Waals surface area (Å²) < 4.78 is 22.1. The second-order valence-electron chi connectivity index (χ2n) is 11.2. The maximum atomic E-state index is 13.4. The van der Waals surface area contributed by atoms with Crippen molar-refractivity contribution in [3.8, 4) is 0 Å². The predicted octanol–water partition coefficient (Wildman–Crippen LogP) is 6.53. The lowest BCUT2D eigenvalue weighted by Crippen LogP contribution is -2.47. The highest BCUT2D eigenvalue weighted by molar-refractivity contribution is 8.24. The molecule has 234 valence electrons. The summed E-state index contributed by atoms with van der Waals surface area (Å²) in [5.74, 6) is -0.217. The number of likely N-dealkylation sites (N-methyl/N-ethyl adjacent to an activating group) is 1. The quantitative estimate of drug-likeness (QED) is 0.169. The van der Waals surface area contributed by atoms with Crippen LogP contribution >= 0.6 is 10.6 Å². The van der Waals surface area contributed by atoms with Crippen LogP contribution in [0.3, 0.4) is 0 Å². The first-order valence-corrected chi connectivity index (χ1v) is 16.7. The van der Waals surface area contributed by atoms with Gasteiger partial charge in [-0.05, 0) is 89.1 Å². The molecule has 0 unspecified atom stereocenters. The summed E-state index contributed by atoms with van der Waals surface area (Å²) >= 11 is 0. The Morgan fingerprint density at radius 3 is 2.44 bits per heavy atom. The van der Waals surface area contributed by atoms with E-state index in [0.717, 1.165) is 48.3 Å². The van der Waals surface area contributed by atoms with E-state index in [1.54, 1.807) is 37.4 Å². The summed E-state index contributed by atoms with van der Waals surface area (Å²) in [7, 11) is -0.960. The van der Waals surface area contributed by atoms with Crippen LogP contribution in [0, 0.1) is 13.8 Å². The third kappa shape index (κ3) is 9.56. The minimum Gasteiger partial charge on any atom is -0.358 e. The van der Waals surface area contributed by atoms with Gasteiger partial charge in [-0.2, -0.15) is 10.6 Å². The summed E-state index contributed by atoms with van der Waals surface area (Å²) in [6, 6.07) is 0. The van der Waals surface area contributed by atoms with Gasteiger partial charge in [-0.15, -0.1) is 0 Å². The number of carbonyl (C=O) groups is 2. The third-order valence-corrected chi connectivity index (χ3v) is 9.32. The number of nitrogens with zero attached hydrogens (tertiary/aromatic N) is 2. The molecule has 0 radical (unpaired) electrons. The van der Waals surface area contributed by atoms with E-state index >= 15 is 0 Å². The zero-order valence-corrected chi connectivity index (χ0v) is 27.3. The van der Waals surface area contributed by atoms with Crippen molar-refractivity contribution in [2.24, 2.45) is 0 Å². The molecular formula is C34H48N4O4S. The van der Waals surface area contributed by atoms with Crippen LogP contribution in [-0.4, -0.2) is 80.4 Å². The molecule has 4 N–H and O–H groups in total. The fourth-order valence-electron chi connectivity index (χ4n) is 5.24. The molecule has 1 aromatic heterocycles. The molecule has 0 bridgehead atoms. The number of hydrogen-bond acceptors (Lipinski definition) is 5. The number of rotatable bonds is 11. The molecule has 43 heavy (non-hydrogen) atoms. The van der Waals surface area contributed by atoms with Gasteiger partial charge >= 0.3 is 0 Å². The van der Waals surface area contributed by atoms with Crippen LogP contribution in [0.5, 0.6) is 0 Å². The van der Waals surface area contributed by atoms with E-state index in [9.17, 15) is 18.7 Å². The maximum Gasteiger partial charge on any atom is 0.256 e. The van der Waals surface area contributed by atoms with Gasteiger partial charge in [-0.1, -0.05) is 48.6 Å². The van der Waals surface area contributed by atoms with Crippen molar-refractivity contribution in [1.82, 2.24) is 20.1 Å². The normalized spacial score (nSPS) is 18.1. The first kappa shape index (κ1) is 34.1. The number of nitrogens with one attached hydrogen (secondary N) is 2. The van der Waals surface area contributed by atoms with Crippen LogP contribution in [0.2, 0.25) is 0 Å². The van der Waals surface area contributed by atoms with Crippen molar-refractivity contribution in [3.05, 3.63) is 99.6 Å². The highest BCUT2D eigenvalue weighted by Crippen LogP contribution is 2.42. The van der Waals surface area contributed by atoms with Crippen LogP contribution in [-0.2, 0) is 4.79 Å². The van der Waals surface area contributed by atoms with E-state index in [2.05, 4.69) is 34.4 Å². The van der Waals surface area contributed by atoms with Gasteiger partial charge in [-0.25, -0.2) is 0 Å². The number of aromatic nitrogens is 1. The first-order valence-electron chi connectivity index (χ1n) is 14.9. The Kier molecular flexibility index (Phi) is 12.6. The van der Waals surface area contributed by atoms with Gasteiger partial charge < -0.3 is 20.1 Å². The van der Waals surface area contributed by atoms with Crippen molar-refractivity contribution in [1.29, 1.82) is 0 Å². The molecule has 0 spiro atoms. The number of H-pyrrole nitrogens is 1. The Balaban J connectivity index is 1.85. The zero-order valence-electron chi connectivity index (χ0n) is 26.4. The van der Waals surface area contributed by atoms with E-state index in [1.165, 1.54) is 5.57 Å². The number of aromatic amines is 1. The van der Waals surface area contributed by atoms with Crippen LogP contribution in [0.15, 0.2) is 77.1 Å². The zero-order chi connectivity index (χ0) is 31.6. The largest absolute Gasteiger partial charge is 0.358 e. The Bertz CT molecular complexity index is 1380. The van der Waals surface area contributed by atoms with Crippen molar-refractivity contribution in [2.45, 2.75) is 47.5 Å². The van der Waals surface area contributed by atoms with E-state index in [4.69, 9.17) is 0 Å². The molecular weight excluding hydrogens is 560 g/mol. The molecule has 8 nitrogen and oxygen atoms in total. The maximum absolute atomic E-state index is 13.4. The van der Waals surface area contributed by atoms with Crippen molar-refractivity contribution in [3.63, 3.8) is 0 Å². The van der Waals surface area contributed by atoms with Crippen molar-refractivity contribution < 1.29 is 18.7 Å². The molecule has 1 aromatic rings. The number of piperazine rings is 1. The molecule has 1 aliphatic carbocycles. The fraction of sp³-hybridized carbons (Fsp3) is 0.412. The summed E-state index contributed by atoms with van der Waals surface area (Å²) in [4.78, 5) is 33.8. The smallest absolute Gasteiger partial charge is 0.256 e. The van der Waals surface area contributed by atoms with Gasteiger partial charge in [0.05, 0.1) is 17.1 Å². The molecule has 0 saturated carbocycles. The van der Waals surface area contributed by atoms with Crippen LogP contribution < -0.4 is 5.32 Å². The molecule has 2 aliphatic rings. The van der Waals surface area contributed by atoms with E-state index in [0.29, 0.717) is 29.9 Å². The lowest BCUT2D eigenvalue weighted by Gasteiger charge is -2.32. The second kappa shape index (κ2) is 15.9. The summed E-state index contributed by atoms with van der Waals surface area (Å²) in [5, 5.41) is 2.74. The molecule has 2 heterocycles. The van der Waals surface area contributed by atoms with Gasteiger partial charge in [-0.3, -0.25) is 18.7 Å². The molecule has 3 rings (SSSR count). The Morgan fingerprint density at radius 1 is 1.09 bits per heavy atom. The number of carbonyl (C=O) groups excluding carboxylic acids is 2.